The highest BCUT2D eigenvalue weighted by Crippen LogP contribution is 2.49. The first-order chi connectivity index (χ1) is 9.48. The molecule has 1 aromatic carbocycles. The van der Waals surface area contributed by atoms with E-state index >= 15 is 0 Å². The quantitative estimate of drug-likeness (QED) is 0.602. The molecule has 20 heavy (non-hydrogen) atoms. The van der Waals surface area contributed by atoms with Gasteiger partial charge in [0.05, 0.1) is 17.1 Å². The molecule has 0 N–H and O–H groups in total. The second kappa shape index (κ2) is 5.71. The lowest BCUT2D eigenvalue weighted by molar-refractivity contribution is 0.404. The molecule has 1 aliphatic rings. The first kappa shape index (κ1) is 15.3. The van der Waals surface area contributed by atoms with Gasteiger partial charge < -0.3 is 4.74 Å². The molecule has 1 aliphatic carbocycles. The Balaban J connectivity index is 2.77. The maximum Gasteiger partial charge on any atom is 0.235 e. The number of rotatable bonds is 3. The predicted octanol–water partition coefficient (Wildman–Crippen LogP) is 4.49. The van der Waals surface area contributed by atoms with Crippen molar-refractivity contribution in [2.75, 3.05) is 7.11 Å². The second-order valence-electron chi connectivity index (χ2n) is 5.54. The molecular formula is C16H20BrNO2. The van der Waals surface area contributed by atoms with Crippen LogP contribution in [-0.4, -0.2) is 13.2 Å². The van der Waals surface area contributed by atoms with Crippen LogP contribution in [0.4, 0.5) is 0 Å². The van der Waals surface area contributed by atoms with Gasteiger partial charge in [-0.1, -0.05) is 12.8 Å². The molecule has 0 saturated heterocycles. The molecule has 3 nitrogen and oxygen atoms in total. The third-order valence-corrected chi connectivity index (χ3v) is 5.50. The summed E-state index contributed by atoms with van der Waals surface area (Å²) in [4.78, 5) is 15.1. The monoisotopic (exact) mass is 337 g/mol. The van der Waals surface area contributed by atoms with Crippen LogP contribution in [0.3, 0.4) is 0 Å². The number of hydrogen-bond acceptors (Lipinski definition) is 3. The van der Waals surface area contributed by atoms with E-state index in [1.165, 1.54) is 11.1 Å². The van der Waals surface area contributed by atoms with Gasteiger partial charge in [0.2, 0.25) is 6.08 Å². The van der Waals surface area contributed by atoms with Crippen LogP contribution in [0.2, 0.25) is 0 Å². The van der Waals surface area contributed by atoms with Crippen molar-refractivity contribution in [1.82, 2.24) is 0 Å². The van der Waals surface area contributed by atoms with Crippen LogP contribution in [0.15, 0.2) is 9.47 Å². The second-order valence-corrected chi connectivity index (χ2v) is 6.33. The molecule has 1 fully saturated rings. The summed E-state index contributed by atoms with van der Waals surface area (Å²) in [5.41, 5.74) is 4.17. The number of carbonyl (C=O) groups excluding carboxylic acids is 1. The van der Waals surface area contributed by atoms with Crippen molar-refractivity contribution >= 4 is 22.0 Å². The Morgan fingerprint density at radius 2 is 1.75 bits per heavy atom. The van der Waals surface area contributed by atoms with Gasteiger partial charge in [-0.3, -0.25) is 0 Å². The van der Waals surface area contributed by atoms with E-state index in [0.717, 1.165) is 47.0 Å². The Morgan fingerprint density at radius 1 is 1.15 bits per heavy atom. The summed E-state index contributed by atoms with van der Waals surface area (Å²) in [6, 6.07) is 0. The lowest BCUT2D eigenvalue weighted by Crippen LogP contribution is -2.23. The van der Waals surface area contributed by atoms with Gasteiger partial charge in [-0.25, -0.2) is 4.79 Å². The number of halogens is 1. The summed E-state index contributed by atoms with van der Waals surface area (Å²) in [6.07, 6.45) is 5.84. The SMILES string of the molecule is COc1c(C)c(C)c(C2(N=C=O)CCCC2)c(C)c1Br. The van der Waals surface area contributed by atoms with Gasteiger partial charge in [0.25, 0.3) is 0 Å². The molecule has 0 bridgehead atoms. The molecule has 1 aromatic rings. The Morgan fingerprint density at radius 3 is 2.25 bits per heavy atom. The van der Waals surface area contributed by atoms with Crippen molar-refractivity contribution in [2.24, 2.45) is 4.99 Å². The van der Waals surface area contributed by atoms with Crippen molar-refractivity contribution < 1.29 is 9.53 Å². The highest BCUT2D eigenvalue weighted by molar-refractivity contribution is 9.10. The minimum Gasteiger partial charge on any atom is -0.495 e. The zero-order valence-corrected chi connectivity index (χ0v) is 14.1. The standard InChI is InChI=1S/C16H20BrNO2/c1-10-11(2)15(20-4)14(17)12(3)13(10)16(18-9-19)7-5-6-8-16/h5-8H2,1-4H3. The third-order valence-electron chi connectivity index (χ3n) is 4.54. The number of benzene rings is 1. The zero-order chi connectivity index (χ0) is 14.9. The van der Waals surface area contributed by atoms with Crippen molar-refractivity contribution in [3.63, 3.8) is 0 Å². The first-order valence-electron chi connectivity index (χ1n) is 6.91. The summed E-state index contributed by atoms with van der Waals surface area (Å²) >= 11 is 3.63. The van der Waals surface area contributed by atoms with E-state index in [-0.39, 0.29) is 0 Å². The highest BCUT2D eigenvalue weighted by atomic mass is 79.9. The van der Waals surface area contributed by atoms with Crippen molar-refractivity contribution in [2.45, 2.75) is 52.0 Å². The van der Waals surface area contributed by atoms with Gasteiger partial charge in [0.15, 0.2) is 0 Å². The molecule has 0 aromatic heterocycles. The molecular weight excluding hydrogens is 318 g/mol. The summed E-state index contributed by atoms with van der Waals surface area (Å²) < 4.78 is 6.46. The zero-order valence-electron chi connectivity index (χ0n) is 12.5. The fourth-order valence-electron chi connectivity index (χ4n) is 3.49. The number of nitrogens with zero attached hydrogens (tertiary/aromatic N) is 1. The van der Waals surface area contributed by atoms with Crippen LogP contribution in [0.25, 0.3) is 0 Å². The Labute approximate surface area is 128 Å². The van der Waals surface area contributed by atoms with Crippen molar-refractivity contribution in [3.8, 4) is 5.75 Å². The largest absolute Gasteiger partial charge is 0.495 e. The van der Waals surface area contributed by atoms with Crippen LogP contribution in [0, 0.1) is 20.8 Å². The maximum atomic E-state index is 10.9. The van der Waals surface area contributed by atoms with E-state index in [2.05, 4.69) is 41.7 Å². The topological polar surface area (TPSA) is 38.7 Å². The number of isocyanates is 1. The van der Waals surface area contributed by atoms with Crippen LogP contribution in [-0.2, 0) is 10.3 Å². The molecule has 0 aliphatic heterocycles. The third kappa shape index (κ3) is 2.21. The molecule has 0 unspecified atom stereocenters. The molecule has 0 amide bonds. The van der Waals surface area contributed by atoms with E-state index in [0.29, 0.717) is 0 Å². The van der Waals surface area contributed by atoms with Crippen LogP contribution >= 0.6 is 15.9 Å². The van der Waals surface area contributed by atoms with E-state index in [9.17, 15) is 4.79 Å². The van der Waals surface area contributed by atoms with Gasteiger partial charge in [-0.05, 0) is 71.8 Å². The van der Waals surface area contributed by atoms with E-state index < -0.39 is 5.54 Å². The van der Waals surface area contributed by atoms with Gasteiger partial charge in [-0.2, -0.15) is 4.99 Å². The van der Waals surface area contributed by atoms with Gasteiger partial charge >= 0.3 is 0 Å². The first-order valence-corrected chi connectivity index (χ1v) is 7.70. The number of ether oxygens (including phenoxy) is 1. The predicted molar refractivity (Wildman–Crippen MR) is 83.2 cm³/mol. The van der Waals surface area contributed by atoms with Gasteiger partial charge in [-0.15, -0.1) is 0 Å². The summed E-state index contributed by atoms with van der Waals surface area (Å²) in [7, 11) is 1.68. The van der Waals surface area contributed by atoms with E-state index in [4.69, 9.17) is 4.74 Å². The van der Waals surface area contributed by atoms with Gasteiger partial charge in [0.1, 0.15) is 5.75 Å². The molecule has 0 spiro atoms. The Hall–Kier alpha value is -1.12. The van der Waals surface area contributed by atoms with E-state index in [1.807, 2.05) is 0 Å². The van der Waals surface area contributed by atoms with E-state index in [1.54, 1.807) is 13.2 Å². The average Bonchev–Trinajstić information content (AvgIpc) is 2.87. The average molecular weight is 338 g/mol. The lowest BCUT2D eigenvalue weighted by Gasteiger charge is -2.29. The van der Waals surface area contributed by atoms with Crippen LogP contribution < -0.4 is 4.74 Å². The smallest absolute Gasteiger partial charge is 0.235 e. The summed E-state index contributed by atoms with van der Waals surface area (Å²) in [5, 5.41) is 0. The minimum absolute atomic E-state index is 0.393. The molecule has 2 rings (SSSR count). The van der Waals surface area contributed by atoms with Crippen LogP contribution in [0.5, 0.6) is 5.75 Å². The van der Waals surface area contributed by atoms with Crippen molar-refractivity contribution in [3.05, 3.63) is 26.7 Å². The highest BCUT2D eigenvalue weighted by Gasteiger charge is 2.39. The fourth-order valence-corrected chi connectivity index (χ4v) is 4.15. The molecule has 0 radical (unpaired) electrons. The molecule has 0 heterocycles. The normalized spacial score (nSPS) is 16.9. The minimum atomic E-state index is -0.393. The molecule has 4 heteroatoms. The molecule has 0 atom stereocenters. The molecule has 108 valence electrons. The molecule has 1 saturated carbocycles. The number of hydrogen-bond donors (Lipinski definition) is 0. The summed E-state index contributed by atoms with van der Waals surface area (Å²) in [6.45, 7) is 6.21. The maximum absolute atomic E-state index is 10.9. The summed E-state index contributed by atoms with van der Waals surface area (Å²) in [5.74, 6) is 0.868. The Kier molecular flexibility index (Phi) is 4.36. The Bertz CT molecular complexity index is 554. The van der Waals surface area contributed by atoms with Crippen LogP contribution in [0.1, 0.15) is 47.9 Å². The van der Waals surface area contributed by atoms with Gasteiger partial charge in [0, 0.05) is 0 Å². The number of methoxy groups -OCH3 is 1. The number of aliphatic imine (C=N–C) groups is 1. The van der Waals surface area contributed by atoms with Crippen molar-refractivity contribution in [1.29, 1.82) is 0 Å². The lowest BCUT2D eigenvalue weighted by atomic mass is 9.81. The fraction of sp³-hybridized carbons (Fsp3) is 0.562.